The van der Waals surface area contributed by atoms with E-state index in [2.05, 4.69) is 19.1 Å². The van der Waals surface area contributed by atoms with Crippen molar-refractivity contribution in [3.8, 4) is 0 Å². The van der Waals surface area contributed by atoms with Gasteiger partial charge in [0.05, 0.1) is 21.1 Å². The number of rotatable bonds is 25. The van der Waals surface area contributed by atoms with Crippen LogP contribution in [0.1, 0.15) is 155 Å². The van der Waals surface area contributed by atoms with Crippen LogP contribution in [0.15, 0.2) is 12.2 Å². The Morgan fingerprint density at radius 2 is 0.971 bits per heavy atom. The largest absolute Gasteiger partial charge is 0.590 e. The van der Waals surface area contributed by atoms with Gasteiger partial charge < -0.3 is 4.89 Å². The predicted octanol–water partition coefficient (Wildman–Crippen LogP) is 9.67. The van der Waals surface area contributed by atoms with Crippen LogP contribution in [0.2, 0.25) is 0 Å². The fourth-order valence-electron chi connectivity index (χ4n) is 5.17. The summed E-state index contributed by atoms with van der Waals surface area (Å²) in [7, 11) is 3.60. The first kappa shape index (κ1) is 33.8. The summed E-state index contributed by atoms with van der Waals surface area (Å²) >= 11 is 0. The second-order valence-corrected chi connectivity index (χ2v) is 12.8. The van der Waals surface area contributed by atoms with Gasteiger partial charge in [0.15, 0.2) is 0 Å². The summed E-state index contributed by atoms with van der Waals surface area (Å²) in [4.78, 5) is 12.0. The maximum Gasteiger partial charge on any atom is 0.376 e. The highest BCUT2D eigenvalue weighted by Crippen LogP contribution is 2.44. The molecule has 202 valence electrons. The summed E-state index contributed by atoms with van der Waals surface area (Å²) in [6.45, 7) is 4.30. The minimum Gasteiger partial charge on any atom is -0.590 e. The molecule has 0 amide bonds. The van der Waals surface area contributed by atoms with Gasteiger partial charge in [0.1, 0.15) is 0 Å². The lowest BCUT2D eigenvalue weighted by atomic mass is 10.0. The second kappa shape index (κ2) is 22.0. The lowest BCUT2D eigenvalue weighted by molar-refractivity contribution is -0.910. The van der Waals surface area contributed by atoms with Crippen molar-refractivity contribution in [1.29, 1.82) is 0 Å². The maximum absolute atomic E-state index is 12.0. The molecule has 0 aromatic carbocycles. The smallest absolute Gasteiger partial charge is 0.376 e. The molecular formula is C30H61NO2P+. The van der Waals surface area contributed by atoms with Crippen molar-refractivity contribution < 1.29 is 13.9 Å². The third-order valence-electron chi connectivity index (χ3n) is 7.74. The molecule has 0 aliphatic heterocycles. The van der Waals surface area contributed by atoms with Crippen LogP contribution in [0.25, 0.3) is 0 Å². The zero-order valence-corrected chi connectivity index (χ0v) is 24.8. The van der Waals surface area contributed by atoms with Crippen molar-refractivity contribution in [3.63, 3.8) is 0 Å². The molecule has 4 heteroatoms. The quantitative estimate of drug-likeness (QED) is 0.0544. The Kier molecular flexibility index (Phi) is 21.8. The van der Waals surface area contributed by atoms with Crippen LogP contribution in [-0.2, 0) is 4.57 Å². The van der Waals surface area contributed by atoms with Crippen molar-refractivity contribution in [2.45, 2.75) is 160 Å². The van der Waals surface area contributed by atoms with Crippen molar-refractivity contribution >= 4 is 8.03 Å². The van der Waals surface area contributed by atoms with Crippen molar-refractivity contribution in [3.05, 3.63) is 12.2 Å². The van der Waals surface area contributed by atoms with Crippen molar-refractivity contribution in [2.75, 3.05) is 21.1 Å². The van der Waals surface area contributed by atoms with Gasteiger partial charge in [-0.3, -0.25) is 4.48 Å². The number of hydrogen-bond acceptors (Lipinski definition) is 2. The molecule has 0 spiro atoms. The Hall–Kier alpha value is -0.240. The molecule has 2 unspecified atom stereocenters. The molecule has 34 heavy (non-hydrogen) atoms. The summed E-state index contributed by atoms with van der Waals surface area (Å²) < 4.78 is 12.5. The molecule has 2 atom stereocenters. The summed E-state index contributed by atoms with van der Waals surface area (Å²) in [5, 5.41) is -0.612. The standard InChI is InChI=1S/C30H61NO2P/c1-6-8-9-10-11-12-13-14-15-16-17-18-19-20-21-22-23-24-25-26-27-28-29-30(7-2,34(32)33)31(3,4)5/h23-24H,6-22,25-29H2,1-5H3/q+1/b24-23-. The lowest BCUT2D eigenvalue weighted by Crippen LogP contribution is -2.55. The van der Waals surface area contributed by atoms with Crippen molar-refractivity contribution in [1.82, 2.24) is 0 Å². The van der Waals surface area contributed by atoms with E-state index in [4.69, 9.17) is 0 Å². The van der Waals surface area contributed by atoms with Gasteiger partial charge in [0.2, 0.25) is 0 Å². The van der Waals surface area contributed by atoms with Gasteiger partial charge in [-0.1, -0.05) is 127 Å². The van der Waals surface area contributed by atoms with Crippen LogP contribution in [0.4, 0.5) is 0 Å². The highest BCUT2D eigenvalue weighted by molar-refractivity contribution is 7.38. The van der Waals surface area contributed by atoms with Crippen LogP contribution in [-0.4, -0.2) is 30.9 Å². The van der Waals surface area contributed by atoms with Gasteiger partial charge in [0, 0.05) is 12.8 Å². The lowest BCUT2D eigenvalue weighted by Gasteiger charge is -2.39. The number of allylic oxidation sites excluding steroid dienone is 2. The number of nitrogens with zero attached hydrogens (tertiary/aromatic N) is 1. The molecule has 0 aliphatic rings. The molecule has 0 N–H and O–H groups in total. The van der Waals surface area contributed by atoms with Crippen molar-refractivity contribution in [2.24, 2.45) is 0 Å². The molecular weight excluding hydrogens is 437 g/mol. The molecule has 0 saturated carbocycles. The Bertz CT molecular complexity index is 501. The van der Waals surface area contributed by atoms with Crippen LogP contribution >= 0.6 is 8.03 Å². The van der Waals surface area contributed by atoms with Crippen LogP contribution in [0.5, 0.6) is 0 Å². The number of unbranched alkanes of at least 4 members (excludes halogenated alkanes) is 18. The van der Waals surface area contributed by atoms with Gasteiger partial charge in [-0.2, -0.15) is 0 Å². The maximum atomic E-state index is 12.0. The third-order valence-corrected chi connectivity index (χ3v) is 9.56. The molecule has 0 aliphatic carbocycles. The minimum atomic E-state index is -2.43. The number of quaternary nitrogens is 1. The highest BCUT2D eigenvalue weighted by Gasteiger charge is 2.52. The molecule has 0 heterocycles. The first-order valence-electron chi connectivity index (χ1n) is 14.9. The molecule has 0 saturated heterocycles. The van der Waals surface area contributed by atoms with E-state index in [-0.39, 0.29) is 0 Å². The fraction of sp³-hybridized carbons (Fsp3) is 0.933. The Balaban J connectivity index is 3.49. The molecule has 0 rings (SSSR count). The molecule has 0 radical (unpaired) electrons. The zero-order chi connectivity index (χ0) is 25.5. The van der Waals surface area contributed by atoms with E-state index < -0.39 is 13.3 Å². The monoisotopic (exact) mass is 498 g/mol. The average Bonchev–Trinajstić information content (AvgIpc) is 2.78. The fourth-order valence-corrected chi connectivity index (χ4v) is 6.26. The van der Waals surface area contributed by atoms with E-state index in [0.29, 0.717) is 10.9 Å². The minimum absolute atomic E-state index is 0.501. The van der Waals surface area contributed by atoms with E-state index in [1.165, 1.54) is 109 Å². The summed E-state index contributed by atoms with van der Waals surface area (Å²) in [6.07, 6.45) is 33.1. The molecule has 0 bridgehead atoms. The summed E-state index contributed by atoms with van der Waals surface area (Å²) in [5.41, 5.74) is 0. The van der Waals surface area contributed by atoms with Crippen LogP contribution in [0.3, 0.4) is 0 Å². The molecule has 0 aromatic heterocycles. The normalized spacial score (nSPS) is 14.6. The Morgan fingerprint density at radius 3 is 1.29 bits per heavy atom. The first-order valence-corrected chi connectivity index (χ1v) is 16.1. The van der Waals surface area contributed by atoms with Crippen LogP contribution in [0, 0.1) is 0 Å². The Labute approximate surface area is 215 Å². The van der Waals surface area contributed by atoms with E-state index in [1.54, 1.807) is 0 Å². The van der Waals surface area contributed by atoms with E-state index in [0.717, 1.165) is 25.7 Å². The van der Waals surface area contributed by atoms with Crippen LogP contribution < -0.4 is 4.89 Å². The van der Waals surface area contributed by atoms with E-state index >= 15 is 0 Å². The highest BCUT2D eigenvalue weighted by atomic mass is 31.1. The van der Waals surface area contributed by atoms with E-state index in [9.17, 15) is 9.46 Å². The zero-order valence-electron chi connectivity index (χ0n) is 23.9. The molecule has 0 aromatic rings. The summed E-state index contributed by atoms with van der Waals surface area (Å²) in [5.74, 6) is 0. The molecule has 0 fully saturated rings. The van der Waals surface area contributed by atoms with Gasteiger partial charge in [-0.15, -0.1) is 0 Å². The molecule has 3 nitrogen and oxygen atoms in total. The predicted molar refractivity (Wildman–Crippen MR) is 150 cm³/mol. The van der Waals surface area contributed by atoms with Gasteiger partial charge in [0.25, 0.3) is 5.28 Å². The van der Waals surface area contributed by atoms with Gasteiger partial charge in [-0.25, -0.2) is 0 Å². The topological polar surface area (TPSA) is 40.1 Å². The second-order valence-electron chi connectivity index (χ2n) is 11.4. The van der Waals surface area contributed by atoms with Gasteiger partial charge >= 0.3 is 8.03 Å². The summed E-state index contributed by atoms with van der Waals surface area (Å²) in [6, 6.07) is 0. The Morgan fingerprint density at radius 1 is 0.618 bits per heavy atom. The third kappa shape index (κ3) is 16.4. The number of hydrogen-bond donors (Lipinski definition) is 0. The SMILES string of the molecule is CCCCCCCCCCCCCCCCC/C=C\CCCCCC(CC)([P+](=O)[O-])[N+](C)(C)C. The average molecular weight is 499 g/mol. The first-order chi connectivity index (χ1) is 16.3. The van der Waals surface area contributed by atoms with E-state index in [1.807, 2.05) is 28.1 Å². The van der Waals surface area contributed by atoms with Gasteiger partial charge in [-0.05, 0) is 32.1 Å².